The lowest BCUT2D eigenvalue weighted by Gasteiger charge is -2.31. The van der Waals surface area contributed by atoms with Crippen LogP contribution in [-0.2, 0) is 16.6 Å². The van der Waals surface area contributed by atoms with Crippen molar-refractivity contribution in [2.45, 2.75) is 63.8 Å². The molecule has 2 aromatic rings. The molecule has 0 saturated heterocycles. The molecule has 0 spiro atoms. The van der Waals surface area contributed by atoms with Crippen LogP contribution in [0.3, 0.4) is 0 Å². The van der Waals surface area contributed by atoms with E-state index in [2.05, 4.69) is 28.2 Å². The molecule has 0 bridgehead atoms. The topological polar surface area (TPSA) is 71.1 Å². The minimum atomic E-state index is -3.26. The van der Waals surface area contributed by atoms with E-state index in [-0.39, 0.29) is 6.04 Å². The quantitative estimate of drug-likeness (QED) is 0.792. The molecular formula is C21H31N3O2S. The molecule has 1 fully saturated rings. The Balaban J connectivity index is 1.43. The third-order valence-corrected chi connectivity index (χ3v) is 7.63. The maximum Gasteiger partial charge on any atom is 0.216 e. The highest BCUT2D eigenvalue weighted by atomic mass is 32.2. The molecule has 1 heterocycles. The second kappa shape index (κ2) is 8.25. The Bertz CT molecular complexity index is 866. The highest BCUT2D eigenvalue weighted by Gasteiger charge is 2.32. The van der Waals surface area contributed by atoms with Crippen molar-refractivity contribution in [1.29, 1.82) is 0 Å². The van der Waals surface area contributed by atoms with Crippen molar-refractivity contribution >= 4 is 20.9 Å². The first-order valence-corrected chi connectivity index (χ1v) is 11.3. The summed E-state index contributed by atoms with van der Waals surface area (Å²) in [5.74, 6) is 0.598. The predicted molar refractivity (Wildman–Crippen MR) is 111 cm³/mol. The SMILES string of the molecule is CC(C)(C)S(=O)(=O)N[C@H]1CC[C@H](CNCc2ccc3ccccc3n2)CC1. The molecule has 1 aliphatic carbocycles. The van der Waals surface area contributed by atoms with Gasteiger partial charge in [0.1, 0.15) is 0 Å². The van der Waals surface area contributed by atoms with E-state index in [1.165, 1.54) is 0 Å². The van der Waals surface area contributed by atoms with Gasteiger partial charge in [0.15, 0.2) is 0 Å². The molecular weight excluding hydrogens is 358 g/mol. The first-order chi connectivity index (χ1) is 12.7. The fraction of sp³-hybridized carbons (Fsp3) is 0.571. The minimum Gasteiger partial charge on any atom is -0.311 e. The van der Waals surface area contributed by atoms with Gasteiger partial charge in [-0.05, 0) is 71.0 Å². The molecule has 1 saturated carbocycles. The molecule has 6 heteroatoms. The maximum atomic E-state index is 12.3. The summed E-state index contributed by atoms with van der Waals surface area (Å²) in [4.78, 5) is 4.69. The van der Waals surface area contributed by atoms with Crippen molar-refractivity contribution in [3.63, 3.8) is 0 Å². The Morgan fingerprint density at radius 2 is 1.74 bits per heavy atom. The molecule has 0 amide bonds. The van der Waals surface area contributed by atoms with Crippen molar-refractivity contribution in [1.82, 2.24) is 15.0 Å². The summed E-state index contributed by atoms with van der Waals surface area (Å²) in [6, 6.07) is 12.4. The van der Waals surface area contributed by atoms with Crippen molar-refractivity contribution in [2.75, 3.05) is 6.54 Å². The molecule has 1 aliphatic rings. The zero-order valence-corrected chi connectivity index (χ0v) is 17.3. The van der Waals surface area contributed by atoms with Crippen LogP contribution >= 0.6 is 0 Å². The highest BCUT2D eigenvalue weighted by molar-refractivity contribution is 7.90. The largest absolute Gasteiger partial charge is 0.311 e. The Morgan fingerprint density at radius 1 is 1.04 bits per heavy atom. The van der Waals surface area contributed by atoms with Crippen LogP contribution in [0.1, 0.15) is 52.1 Å². The fourth-order valence-electron chi connectivity index (χ4n) is 3.49. The smallest absolute Gasteiger partial charge is 0.216 e. The van der Waals surface area contributed by atoms with Gasteiger partial charge in [-0.25, -0.2) is 13.1 Å². The van der Waals surface area contributed by atoms with Gasteiger partial charge >= 0.3 is 0 Å². The molecule has 1 aromatic carbocycles. The molecule has 0 unspecified atom stereocenters. The van der Waals surface area contributed by atoms with Gasteiger partial charge in [0, 0.05) is 18.0 Å². The van der Waals surface area contributed by atoms with Crippen molar-refractivity contribution in [2.24, 2.45) is 5.92 Å². The van der Waals surface area contributed by atoms with E-state index in [4.69, 9.17) is 4.98 Å². The standard InChI is InChI=1S/C21H31N3O2S/c1-21(2,3)27(25,26)24-18-11-8-16(9-12-18)14-22-15-19-13-10-17-6-4-5-7-20(17)23-19/h4-7,10,13,16,18,22,24H,8-9,11-12,14-15H2,1-3H3/t16-,18-. The number of hydrogen-bond donors (Lipinski definition) is 2. The number of fused-ring (bicyclic) bond motifs is 1. The number of nitrogens with zero attached hydrogens (tertiary/aromatic N) is 1. The van der Waals surface area contributed by atoms with Crippen LogP contribution in [0.25, 0.3) is 10.9 Å². The summed E-state index contributed by atoms with van der Waals surface area (Å²) in [5.41, 5.74) is 2.09. The lowest BCUT2D eigenvalue weighted by molar-refractivity contribution is 0.301. The Morgan fingerprint density at radius 3 is 2.44 bits per heavy atom. The Hall–Kier alpha value is -1.50. The van der Waals surface area contributed by atoms with Gasteiger partial charge in [0.25, 0.3) is 0 Å². The number of aromatic nitrogens is 1. The molecule has 5 nitrogen and oxygen atoms in total. The van der Waals surface area contributed by atoms with Crippen LogP contribution in [0.5, 0.6) is 0 Å². The average molecular weight is 390 g/mol. The van der Waals surface area contributed by atoms with E-state index in [1.54, 1.807) is 20.8 Å². The van der Waals surface area contributed by atoms with Gasteiger partial charge < -0.3 is 5.32 Å². The van der Waals surface area contributed by atoms with E-state index >= 15 is 0 Å². The van der Waals surface area contributed by atoms with E-state index in [1.807, 2.05) is 18.2 Å². The number of benzene rings is 1. The third-order valence-electron chi connectivity index (χ3n) is 5.37. The van der Waals surface area contributed by atoms with Gasteiger partial charge in [0.2, 0.25) is 10.0 Å². The van der Waals surface area contributed by atoms with E-state index in [0.717, 1.165) is 55.4 Å². The van der Waals surface area contributed by atoms with Crippen molar-refractivity contribution in [3.05, 3.63) is 42.1 Å². The third kappa shape index (κ3) is 5.27. The molecule has 2 N–H and O–H groups in total. The molecule has 148 valence electrons. The predicted octanol–water partition coefficient (Wildman–Crippen LogP) is 3.60. The van der Waals surface area contributed by atoms with E-state index in [0.29, 0.717) is 5.92 Å². The number of pyridine rings is 1. The van der Waals surface area contributed by atoms with E-state index < -0.39 is 14.8 Å². The average Bonchev–Trinajstić information content (AvgIpc) is 2.62. The minimum absolute atomic E-state index is 0.0765. The number of rotatable bonds is 6. The molecule has 0 radical (unpaired) electrons. The van der Waals surface area contributed by atoms with Gasteiger partial charge in [-0.15, -0.1) is 0 Å². The first kappa shape index (κ1) is 20.2. The second-order valence-corrected chi connectivity index (χ2v) is 11.0. The number of sulfonamides is 1. The van der Waals surface area contributed by atoms with Gasteiger partial charge in [-0.1, -0.05) is 24.3 Å². The zero-order valence-electron chi connectivity index (χ0n) is 16.5. The van der Waals surface area contributed by atoms with Crippen molar-refractivity contribution in [3.8, 4) is 0 Å². The van der Waals surface area contributed by atoms with Crippen LogP contribution in [0.4, 0.5) is 0 Å². The monoisotopic (exact) mass is 389 g/mol. The summed E-state index contributed by atoms with van der Waals surface area (Å²) in [7, 11) is -3.26. The highest BCUT2D eigenvalue weighted by Crippen LogP contribution is 2.26. The van der Waals surface area contributed by atoms with Gasteiger partial charge in [-0.2, -0.15) is 0 Å². The lowest BCUT2D eigenvalue weighted by atomic mass is 9.86. The first-order valence-electron chi connectivity index (χ1n) is 9.82. The fourth-order valence-corrected chi connectivity index (χ4v) is 4.52. The molecule has 3 rings (SSSR count). The Labute approximate surface area is 163 Å². The van der Waals surface area contributed by atoms with Gasteiger partial charge in [0.05, 0.1) is 16.0 Å². The lowest BCUT2D eigenvalue weighted by Crippen LogP contribution is -2.46. The Kier molecular flexibility index (Phi) is 6.18. The van der Waals surface area contributed by atoms with Crippen molar-refractivity contribution < 1.29 is 8.42 Å². The summed E-state index contributed by atoms with van der Waals surface area (Å²) >= 11 is 0. The maximum absolute atomic E-state index is 12.3. The van der Waals surface area contributed by atoms with E-state index in [9.17, 15) is 8.42 Å². The van der Waals surface area contributed by atoms with Crippen LogP contribution in [-0.4, -0.2) is 30.7 Å². The van der Waals surface area contributed by atoms with Gasteiger partial charge in [-0.3, -0.25) is 4.98 Å². The molecule has 0 aliphatic heterocycles. The summed E-state index contributed by atoms with van der Waals surface area (Å²) in [6.07, 6.45) is 3.93. The summed E-state index contributed by atoms with van der Waals surface area (Å²) in [6.45, 7) is 6.94. The summed E-state index contributed by atoms with van der Waals surface area (Å²) < 4.78 is 26.7. The van der Waals surface area contributed by atoms with Crippen LogP contribution in [0.15, 0.2) is 36.4 Å². The second-order valence-electron chi connectivity index (χ2n) is 8.58. The zero-order chi connectivity index (χ0) is 19.5. The number of hydrogen-bond acceptors (Lipinski definition) is 4. The molecule has 1 aromatic heterocycles. The normalized spacial score (nSPS) is 21.4. The molecule has 0 atom stereocenters. The van der Waals surface area contributed by atoms with Crippen LogP contribution in [0, 0.1) is 5.92 Å². The van der Waals surface area contributed by atoms with Crippen LogP contribution in [0.2, 0.25) is 0 Å². The molecule has 27 heavy (non-hydrogen) atoms. The summed E-state index contributed by atoms with van der Waals surface area (Å²) in [5, 5.41) is 4.69. The number of para-hydroxylation sites is 1. The number of nitrogens with one attached hydrogen (secondary N) is 2. The van der Waals surface area contributed by atoms with Crippen LogP contribution < -0.4 is 10.0 Å².